The first-order valence-electron chi connectivity index (χ1n) is 6.35. The topological polar surface area (TPSA) is 15.3 Å². The van der Waals surface area contributed by atoms with Gasteiger partial charge in [-0.15, -0.1) is 0 Å². The van der Waals surface area contributed by atoms with E-state index in [-0.39, 0.29) is 0 Å². The Morgan fingerprint density at radius 3 is 2.71 bits per heavy atom. The van der Waals surface area contributed by atoms with Crippen LogP contribution < -0.4 is 5.32 Å². The van der Waals surface area contributed by atoms with Crippen LogP contribution in [0.4, 0.5) is 0 Å². The fourth-order valence-corrected chi connectivity index (χ4v) is 2.43. The maximum absolute atomic E-state index is 3.47. The summed E-state index contributed by atoms with van der Waals surface area (Å²) in [5.41, 5.74) is 0. The summed E-state index contributed by atoms with van der Waals surface area (Å²) < 4.78 is 0. The predicted molar refractivity (Wildman–Crippen MR) is 60.5 cm³/mol. The SMILES string of the molecule is CCCCN(CC1CCNC1)C1CC1. The summed E-state index contributed by atoms with van der Waals surface area (Å²) in [4.78, 5) is 2.75. The third-order valence-corrected chi connectivity index (χ3v) is 3.52. The van der Waals surface area contributed by atoms with E-state index in [9.17, 15) is 0 Å². The molecule has 1 N–H and O–H groups in total. The molecule has 1 atom stereocenters. The third kappa shape index (κ3) is 2.96. The molecule has 0 spiro atoms. The summed E-state index contributed by atoms with van der Waals surface area (Å²) in [7, 11) is 0. The van der Waals surface area contributed by atoms with Crippen LogP contribution in [0.3, 0.4) is 0 Å². The zero-order valence-corrected chi connectivity index (χ0v) is 9.47. The van der Waals surface area contributed by atoms with Crippen LogP contribution in [0.25, 0.3) is 0 Å². The quantitative estimate of drug-likeness (QED) is 0.697. The predicted octanol–water partition coefficient (Wildman–Crippen LogP) is 1.86. The van der Waals surface area contributed by atoms with Crippen molar-refractivity contribution < 1.29 is 0 Å². The van der Waals surface area contributed by atoms with Crippen molar-refractivity contribution in [3.05, 3.63) is 0 Å². The van der Waals surface area contributed by atoms with E-state index in [2.05, 4.69) is 17.1 Å². The highest BCUT2D eigenvalue weighted by molar-refractivity contribution is 4.87. The highest BCUT2D eigenvalue weighted by atomic mass is 15.2. The average molecular weight is 196 g/mol. The van der Waals surface area contributed by atoms with Gasteiger partial charge in [0.1, 0.15) is 0 Å². The summed E-state index contributed by atoms with van der Waals surface area (Å²) >= 11 is 0. The van der Waals surface area contributed by atoms with Crippen LogP contribution in [-0.4, -0.2) is 37.1 Å². The number of unbranched alkanes of at least 4 members (excludes halogenated alkanes) is 1. The lowest BCUT2D eigenvalue weighted by Gasteiger charge is -2.24. The van der Waals surface area contributed by atoms with Gasteiger partial charge in [0.25, 0.3) is 0 Å². The lowest BCUT2D eigenvalue weighted by Crippen LogP contribution is -2.33. The van der Waals surface area contributed by atoms with Gasteiger partial charge < -0.3 is 10.2 Å². The molecule has 2 heteroatoms. The van der Waals surface area contributed by atoms with Gasteiger partial charge in [-0.05, 0) is 51.2 Å². The van der Waals surface area contributed by atoms with Gasteiger partial charge >= 0.3 is 0 Å². The zero-order chi connectivity index (χ0) is 9.80. The van der Waals surface area contributed by atoms with E-state index in [0.717, 1.165) is 12.0 Å². The van der Waals surface area contributed by atoms with Crippen molar-refractivity contribution in [2.75, 3.05) is 26.2 Å². The van der Waals surface area contributed by atoms with Crippen LogP contribution in [0.15, 0.2) is 0 Å². The molecule has 0 aromatic heterocycles. The van der Waals surface area contributed by atoms with E-state index >= 15 is 0 Å². The fraction of sp³-hybridized carbons (Fsp3) is 1.00. The molecule has 0 amide bonds. The van der Waals surface area contributed by atoms with Crippen LogP contribution in [0.5, 0.6) is 0 Å². The van der Waals surface area contributed by atoms with Crippen molar-refractivity contribution in [1.82, 2.24) is 10.2 Å². The molecule has 1 saturated heterocycles. The molecule has 2 aliphatic rings. The van der Waals surface area contributed by atoms with Gasteiger partial charge in [0.05, 0.1) is 0 Å². The van der Waals surface area contributed by atoms with Crippen molar-refractivity contribution in [3.63, 3.8) is 0 Å². The molecule has 0 bridgehead atoms. The number of rotatable bonds is 6. The Hall–Kier alpha value is -0.0800. The Morgan fingerprint density at radius 2 is 2.14 bits per heavy atom. The molecule has 1 heterocycles. The van der Waals surface area contributed by atoms with E-state index in [1.807, 2.05) is 0 Å². The molecule has 2 nitrogen and oxygen atoms in total. The Labute approximate surface area is 88.1 Å². The van der Waals surface area contributed by atoms with Gasteiger partial charge in [-0.1, -0.05) is 13.3 Å². The van der Waals surface area contributed by atoms with Gasteiger partial charge in [0.2, 0.25) is 0 Å². The van der Waals surface area contributed by atoms with Crippen molar-refractivity contribution in [2.45, 2.75) is 45.1 Å². The molecule has 1 unspecified atom stereocenters. The smallest absolute Gasteiger partial charge is 0.00965 e. The lowest BCUT2D eigenvalue weighted by atomic mass is 10.1. The second-order valence-electron chi connectivity index (χ2n) is 4.94. The number of nitrogens with one attached hydrogen (secondary N) is 1. The van der Waals surface area contributed by atoms with Gasteiger partial charge in [-0.2, -0.15) is 0 Å². The molecule has 82 valence electrons. The van der Waals surface area contributed by atoms with Crippen LogP contribution >= 0.6 is 0 Å². The highest BCUT2D eigenvalue weighted by Crippen LogP contribution is 2.28. The largest absolute Gasteiger partial charge is 0.316 e. The molecule has 0 radical (unpaired) electrons. The fourth-order valence-electron chi connectivity index (χ4n) is 2.43. The number of hydrogen-bond donors (Lipinski definition) is 1. The molecule has 2 fully saturated rings. The first-order valence-corrected chi connectivity index (χ1v) is 6.35. The average Bonchev–Trinajstić information content (AvgIpc) is 2.92. The number of hydrogen-bond acceptors (Lipinski definition) is 2. The molecule has 0 aromatic carbocycles. The minimum absolute atomic E-state index is 0.937. The van der Waals surface area contributed by atoms with Crippen LogP contribution in [0, 0.1) is 5.92 Å². The first-order chi connectivity index (χ1) is 6.90. The first kappa shape index (κ1) is 10.4. The maximum atomic E-state index is 3.47. The van der Waals surface area contributed by atoms with E-state index in [0.29, 0.717) is 0 Å². The molecular weight excluding hydrogens is 172 g/mol. The molecule has 2 rings (SSSR count). The van der Waals surface area contributed by atoms with Gasteiger partial charge in [0.15, 0.2) is 0 Å². The second-order valence-corrected chi connectivity index (χ2v) is 4.94. The van der Waals surface area contributed by atoms with Crippen LogP contribution in [-0.2, 0) is 0 Å². The lowest BCUT2D eigenvalue weighted by molar-refractivity contribution is 0.224. The van der Waals surface area contributed by atoms with E-state index in [1.54, 1.807) is 0 Å². The van der Waals surface area contributed by atoms with Crippen molar-refractivity contribution >= 4 is 0 Å². The molecular formula is C12H24N2. The Bertz CT molecular complexity index is 160. The summed E-state index contributed by atoms with van der Waals surface area (Å²) in [5, 5.41) is 3.47. The minimum Gasteiger partial charge on any atom is -0.316 e. The van der Waals surface area contributed by atoms with Crippen molar-refractivity contribution in [3.8, 4) is 0 Å². The molecule has 1 aliphatic heterocycles. The summed E-state index contributed by atoms with van der Waals surface area (Å²) in [6.07, 6.45) is 7.05. The standard InChI is InChI=1S/C12H24N2/c1-2-3-8-14(12-4-5-12)10-11-6-7-13-9-11/h11-13H,2-10H2,1H3. The molecule has 1 aliphatic carbocycles. The normalized spacial score (nSPS) is 27.4. The Kier molecular flexibility index (Phi) is 3.82. The maximum Gasteiger partial charge on any atom is 0.00965 e. The minimum atomic E-state index is 0.937. The summed E-state index contributed by atoms with van der Waals surface area (Å²) in [6, 6.07) is 0.960. The van der Waals surface area contributed by atoms with Gasteiger partial charge in [-0.3, -0.25) is 0 Å². The van der Waals surface area contributed by atoms with E-state index < -0.39 is 0 Å². The third-order valence-electron chi connectivity index (χ3n) is 3.52. The summed E-state index contributed by atoms with van der Waals surface area (Å²) in [5.74, 6) is 0.937. The van der Waals surface area contributed by atoms with E-state index in [1.165, 1.54) is 58.3 Å². The van der Waals surface area contributed by atoms with Crippen LogP contribution in [0.1, 0.15) is 39.0 Å². The monoisotopic (exact) mass is 196 g/mol. The van der Waals surface area contributed by atoms with Gasteiger partial charge in [0, 0.05) is 12.6 Å². The zero-order valence-electron chi connectivity index (χ0n) is 9.47. The molecule has 14 heavy (non-hydrogen) atoms. The van der Waals surface area contributed by atoms with Gasteiger partial charge in [-0.25, -0.2) is 0 Å². The van der Waals surface area contributed by atoms with E-state index in [4.69, 9.17) is 0 Å². The molecule has 1 saturated carbocycles. The van der Waals surface area contributed by atoms with Crippen molar-refractivity contribution in [2.24, 2.45) is 5.92 Å². The molecule has 0 aromatic rings. The van der Waals surface area contributed by atoms with Crippen molar-refractivity contribution in [1.29, 1.82) is 0 Å². The second kappa shape index (κ2) is 5.13. The van der Waals surface area contributed by atoms with Crippen LogP contribution in [0.2, 0.25) is 0 Å². The highest BCUT2D eigenvalue weighted by Gasteiger charge is 2.30. The summed E-state index contributed by atoms with van der Waals surface area (Å²) in [6.45, 7) is 7.50. The Balaban J connectivity index is 1.71. The number of nitrogens with zero attached hydrogens (tertiary/aromatic N) is 1. The Morgan fingerprint density at radius 1 is 1.29 bits per heavy atom.